The number of aryl methyl sites for hydroxylation is 1. The average Bonchev–Trinajstić information content (AvgIpc) is 3.00. The van der Waals surface area contributed by atoms with Crippen molar-refractivity contribution >= 4 is 35.8 Å². The van der Waals surface area contributed by atoms with Crippen LogP contribution in [0.1, 0.15) is 88.1 Å². The first kappa shape index (κ1) is 35.7. The summed E-state index contributed by atoms with van der Waals surface area (Å²) in [7, 11) is 0. The zero-order valence-electron chi connectivity index (χ0n) is 27.6. The van der Waals surface area contributed by atoms with Crippen molar-refractivity contribution in [1.29, 1.82) is 0 Å². The minimum atomic E-state index is -1.09. The van der Waals surface area contributed by atoms with Crippen LogP contribution in [0.5, 0.6) is 0 Å². The smallest absolute Gasteiger partial charge is 0.407 e. The largest absolute Gasteiger partial charge is 0.481 e. The molecule has 3 amide bonds. The van der Waals surface area contributed by atoms with Crippen molar-refractivity contribution in [2.75, 3.05) is 26.2 Å². The van der Waals surface area contributed by atoms with E-state index in [1.54, 1.807) is 38.1 Å². The topological polar surface area (TPSA) is 185 Å². The number of amides is 3. The molecule has 5 N–H and O–H groups in total. The number of ether oxygens (including phenoxy) is 2. The summed E-state index contributed by atoms with van der Waals surface area (Å²) < 4.78 is 11.0. The third-order valence-electron chi connectivity index (χ3n) is 9.08. The minimum Gasteiger partial charge on any atom is -0.481 e. The lowest BCUT2D eigenvalue weighted by molar-refractivity contribution is -0.149. The maximum Gasteiger partial charge on any atom is 0.407 e. The van der Waals surface area contributed by atoms with Gasteiger partial charge >= 0.3 is 12.1 Å². The molecule has 1 aliphatic heterocycles. The van der Waals surface area contributed by atoms with Crippen LogP contribution in [-0.4, -0.2) is 79.3 Å². The second-order valence-corrected chi connectivity index (χ2v) is 13.7. The monoisotopic (exact) mass is 655 g/mol. The quantitative estimate of drug-likeness (QED) is 0.224. The Morgan fingerprint density at radius 2 is 1.64 bits per heavy atom. The van der Waals surface area contributed by atoms with Gasteiger partial charge in [0.25, 0.3) is 11.9 Å². The summed E-state index contributed by atoms with van der Waals surface area (Å²) in [6.07, 6.45) is 7.96. The van der Waals surface area contributed by atoms with Crippen LogP contribution in [0.4, 0.5) is 4.79 Å². The molecule has 13 heteroatoms. The molecule has 6 rings (SSSR count). The van der Waals surface area contributed by atoms with Crippen LogP contribution in [0, 0.1) is 23.2 Å². The molecule has 4 aliphatic carbocycles. The number of aliphatic carboxylic acids is 1. The second-order valence-electron chi connectivity index (χ2n) is 13.7. The number of nitrogens with zero attached hydrogens (tertiary/aromatic N) is 1. The van der Waals surface area contributed by atoms with Gasteiger partial charge in [-0.1, -0.05) is 12.1 Å². The average molecular weight is 656 g/mol. The van der Waals surface area contributed by atoms with Crippen LogP contribution in [0.2, 0.25) is 0 Å². The van der Waals surface area contributed by atoms with Crippen LogP contribution in [0.25, 0.3) is 0 Å². The number of hydrogen-bond donors (Lipinski definition) is 5. The molecule has 0 unspecified atom stereocenters. The van der Waals surface area contributed by atoms with E-state index in [9.17, 15) is 19.2 Å². The highest BCUT2D eigenvalue weighted by molar-refractivity contribution is 5.97. The number of alkyl carbamates (subject to hydrolysis) is 1. The van der Waals surface area contributed by atoms with Gasteiger partial charge < -0.3 is 30.5 Å². The van der Waals surface area contributed by atoms with E-state index in [1.165, 1.54) is 19.3 Å². The number of carboxylic acids is 1. The lowest BCUT2D eigenvalue weighted by Crippen LogP contribution is -2.51. The van der Waals surface area contributed by atoms with Crippen LogP contribution in [0.15, 0.2) is 29.3 Å². The molecule has 4 bridgehead atoms. The van der Waals surface area contributed by atoms with Crippen LogP contribution in [-0.2, 0) is 30.3 Å². The predicted octanol–water partition coefficient (Wildman–Crippen LogP) is 3.17. The molecular weight excluding hydrogens is 606 g/mol. The highest BCUT2D eigenvalue weighted by Gasteiger charge is 2.51. The van der Waals surface area contributed by atoms with E-state index in [1.807, 2.05) is 0 Å². The fourth-order valence-electron chi connectivity index (χ4n) is 7.57. The van der Waals surface area contributed by atoms with Crippen molar-refractivity contribution in [2.45, 2.75) is 90.7 Å². The maximum absolute atomic E-state index is 12.9. The van der Waals surface area contributed by atoms with E-state index in [-0.39, 0.29) is 30.4 Å². The predicted molar refractivity (Wildman–Crippen MR) is 174 cm³/mol. The first-order valence-corrected chi connectivity index (χ1v) is 16.7. The van der Waals surface area contributed by atoms with Gasteiger partial charge in [-0.15, -0.1) is 0 Å². The summed E-state index contributed by atoms with van der Waals surface area (Å²) in [4.78, 5) is 63.9. The van der Waals surface area contributed by atoms with Gasteiger partial charge in [-0.05, 0) is 101 Å². The normalized spacial score (nSPS) is 24.4. The van der Waals surface area contributed by atoms with Gasteiger partial charge in [-0.25, -0.2) is 9.59 Å². The Morgan fingerprint density at radius 1 is 1.02 bits per heavy atom. The number of hydrogen-bond acceptors (Lipinski definition) is 9. The van der Waals surface area contributed by atoms with E-state index >= 15 is 0 Å². The summed E-state index contributed by atoms with van der Waals surface area (Å²) in [6, 6.07) is 5.84. The number of carbonyl (C=O) groups is 5. The van der Waals surface area contributed by atoms with E-state index < -0.39 is 30.0 Å². The molecule has 1 aromatic carbocycles. The molecule has 0 spiro atoms. The zero-order chi connectivity index (χ0) is 34.0. The Bertz CT molecular complexity index is 1270. The zero-order valence-corrected chi connectivity index (χ0v) is 27.6. The Hall–Kier alpha value is -4.16. The number of benzene rings is 1. The molecule has 0 radical (unpaired) electrons. The number of guanidine groups is 1. The van der Waals surface area contributed by atoms with Crippen LogP contribution < -0.4 is 21.3 Å². The Balaban J connectivity index is 0.00000118. The summed E-state index contributed by atoms with van der Waals surface area (Å²) in [6.45, 7) is 6.25. The fraction of sp³-hybridized carbons (Fsp3) is 0.647. The van der Waals surface area contributed by atoms with Gasteiger partial charge in [0.15, 0.2) is 5.96 Å². The Morgan fingerprint density at radius 3 is 2.19 bits per heavy atom. The molecule has 1 atom stereocenters. The van der Waals surface area contributed by atoms with Gasteiger partial charge in [0.05, 0.1) is 12.7 Å². The SMILES string of the molecule is CC(=O)O.CC(C)OC(=O)[C@H](CNC(=O)c1ccc(CCC(=O)NC2=NCCCN2)cc1)NC(=O)OCC12CC3CC(CC(C3)C1)C2. The standard InChI is InChI=1S/C32H45N5O6.C2H4O2/c1-20(2)43-29(40)26(36-31(41)42-19-32-15-22-12-23(16-32)14-24(13-22)17-32)18-35-28(39)25-7-4-21(5-8-25)6-9-27(38)37-30-33-10-3-11-34-30;1-2(3)4/h4-5,7-8,20,22-24,26H,3,6,9-19H2,1-2H3,(H,35,39)(H,36,41)(H2,33,34,37,38);1H3,(H,3,4)/t22?,23?,24?,26-,32?;/m0./s1. The molecule has 47 heavy (non-hydrogen) atoms. The summed E-state index contributed by atoms with van der Waals surface area (Å²) >= 11 is 0. The second kappa shape index (κ2) is 16.6. The third-order valence-corrected chi connectivity index (χ3v) is 9.08. The highest BCUT2D eigenvalue weighted by atomic mass is 16.6. The number of aliphatic imine (C=N–C) groups is 1. The highest BCUT2D eigenvalue weighted by Crippen LogP contribution is 2.60. The van der Waals surface area contributed by atoms with E-state index in [4.69, 9.17) is 19.4 Å². The van der Waals surface area contributed by atoms with E-state index in [0.717, 1.165) is 62.5 Å². The van der Waals surface area contributed by atoms with Crippen molar-refractivity contribution in [2.24, 2.45) is 28.2 Å². The maximum atomic E-state index is 12.9. The molecule has 4 saturated carbocycles. The molecule has 1 heterocycles. The number of esters is 1. The lowest BCUT2D eigenvalue weighted by Gasteiger charge is -2.56. The van der Waals surface area contributed by atoms with Crippen LogP contribution in [0.3, 0.4) is 0 Å². The van der Waals surface area contributed by atoms with Gasteiger partial charge in [-0.2, -0.15) is 0 Å². The van der Waals surface area contributed by atoms with Crippen molar-refractivity contribution in [3.63, 3.8) is 0 Å². The molecule has 0 saturated heterocycles. The van der Waals surface area contributed by atoms with Gasteiger partial charge in [-0.3, -0.25) is 24.7 Å². The van der Waals surface area contributed by atoms with Crippen molar-refractivity contribution in [3.05, 3.63) is 35.4 Å². The Labute approximate surface area is 276 Å². The molecule has 4 fully saturated rings. The molecule has 5 aliphatic rings. The van der Waals surface area contributed by atoms with Crippen molar-refractivity contribution in [3.8, 4) is 0 Å². The molecule has 13 nitrogen and oxygen atoms in total. The minimum absolute atomic E-state index is 0.0611. The fourth-order valence-corrected chi connectivity index (χ4v) is 7.57. The van der Waals surface area contributed by atoms with Crippen LogP contribution >= 0.6 is 0 Å². The van der Waals surface area contributed by atoms with Crippen molar-refractivity contribution < 1.29 is 38.6 Å². The number of carboxylic acid groups (broad SMARTS) is 1. The summed E-state index contributed by atoms with van der Waals surface area (Å²) in [5, 5.41) is 18.6. The van der Waals surface area contributed by atoms with Gasteiger partial charge in [0.2, 0.25) is 5.91 Å². The first-order chi connectivity index (χ1) is 22.4. The number of nitrogens with one attached hydrogen (secondary N) is 4. The first-order valence-electron chi connectivity index (χ1n) is 16.7. The van der Waals surface area contributed by atoms with Crippen molar-refractivity contribution in [1.82, 2.24) is 21.3 Å². The third kappa shape index (κ3) is 11.2. The molecule has 0 aromatic heterocycles. The Kier molecular flexibility index (Phi) is 12.6. The van der Waals surface area contributed by atoms with Gasteiger partial charge in [0.1, 0.15) is 6.04 Å². The summed E-state index contributed by atoms with van der Waals surface area (Å²) in [5.74, 6) is 0.767. The molecule has 1 aromatic rings. The van der Waals surface area contributed by atoms with Gasteiger partial charge in [0, 0.05) is 44.0 Å². The molecule has 258 valence electrons. The lowest BCUT2D eigenvalue weighted by atomic mass is 9.50. The summed E-state index contributed by atoms with van der Waals surface area (Å²) in [5.41, 5.74) is 1.37. The van der Waals surface area contributed by atoms with E-state index in [0.29, 0.717) is 31.1 Å². The number of rotatable bonds is 11. The van der Waals surface area contributed by atoms with E-state index in [2.05, 4.69) is 26.3 Å². The number of carbonyl (C=O) groups excluding carboxylic acids is 4. The molecular formula is C34H49N5O8.